The number of hydrogen-bond donors (Lipinski definition) is 1. The van der Waals surface area contributed by atoms with E-state index in [-0.39, 0.29) is 5.91 Å². The van der Waals surface area contributed by atoms with E-state index in [0.29, 0.717) is 11.6 Å². The van der Waals surface area contributed by atoms with Crippen LogP contribution in [0.1, 0.15) is 48.0 Å². The molecule has 5 heteroatoms. The van der Waals surface area contributed by atoms with E-state index in [0.717, 1.165) is 27.6 Å². The van der Waals surface area contributed by atoms with Gasteiger partial charge in [-0.25, -0.2) is 4.98 Å². The van der Waals surface area contributed by atoms with Crippen LogP contribution in [0.4, 0.5) is 10.8 Å². The van der Waals surface area contributed by atoms with E-state index in [1.165, 1.54) is 32.1 Å². The Morgan fingerprint density at radius 3 is 2.52 bits per heavy atom. The highest BCUT2D eigenvalue weighted by Gasteiger charge is 2.20. The van der Waals surface area contributed by atoms with Crippen molar-refractivity contribution in [2.24, 2.45) is 0 Å². The Morgan fingerprint density at radius 1 is 1.07 bits per heavy atom. The Morgan fingerprint density at radius 2 is 1.79 bits per heavy atom. The third-order valence-corrected chi connectivity index (χ3v) is 6.68. The molecule has 1 saturated carbocycles. The molecule has 4 nitrogen and oxygen atoms in total. The topological polar surface area (TPSA) is 45.2 Å². The van der Waals surface area contributed by atoms with Gasteiger partial charge in [-0.3, -0.25) is 4.79 Å². The first-order valence-corrected chi connectivity index (χ1v) is 11.2. The normalized spacial score (nSPS) is 14.6. The van der Waals surface area contributed by atoms with E-state index < -0.39 is 0 Å². The predicted molar refractivity (Wildman–Crippen MR) is 122 cm³/mol. The van der Waals surface area contributed by atoms with Gasteiger partial charge in [0.1, 0.15) is 0 Å². The fraction of sp³-hybridized carbons (Fsp3) is 0.333. The van der Waals surface area contributed by atoms with Crippen LogP contribution in [0.3, 0.4) is 0 Å². The molecule has 1 amide bonds. The highest BCUT2D eigenvalue weighted by molar-refractivity contribution is 7.14. The zero-order chi connectivity index (χ0) is 20.2. The second kappa shape index (κ2) is 8.78. The van der Waals surface area contributed by atoms with Crippen LogP contribution in [0.5, 0.6) is 0 Å². The van der Waals surface area contributed by atoms with Crippen molar-refractivity contribution in [3.8, 4) is 11.3 Å². The number of aryl methyl sites for hydroxylation is 1. The molecule has 150 valence electrons. The lowest BCUT2D eigenvalue weighted by Crippen LogP contribution is -2.33. The van der Waals surface area contributed by atoms with Crippen LogP contribution in [0.2, 0.25) is 0 Å². The summed E-state index contributed by atoms with van der Waals surface area (Å²) in [4.78, 5) is 19.7. The zero-order valence-corrected chi connectivity index (χ0v) is 17.8. The average Bonchev–Trinajstić information content (AvgIpc) is 3.25. The minimum atomic E-state index is -0.0825. The monoisotopic (exact) mass is 405 g/mol. The second-order valence-corrected chi connectivity index (χ2v) is 8.60. The Hall–Kier alpha value is -2.66. The van der Waals surface area contributed by atoms with Crippen LogP contribution in [0, 0.1) is 6.92 Å². The van der Waals surface area contributed by atoms with Crippen LogP contribution in [0.15, 0.2) is 53.9 Å². The van der Waals surface area contributed by atoms with Crippen molar-refractivity contribution in [3.05, 3.63) is 65.0 Å². The molecular formula is C24H27N3OS. The van der Waals surface area contributed by atoms with Crippen molar-refractivity contribution in [2.45, 2.75) is 45.1 Å². The summed E-state index contributed by atoms with van der Waals surface area (Å²) >= 11 is 1.70. The third kappa shape index (κ3) is 4.51. The molecule has 1 aromatic heterocycles. The molecule has 0 unspecified atom stereocenters. The fourth-order valence-corrected chi connectivity index (χ4v) is 4.81. The maximum Gasteiger partial charge on any atom is 0.255 e. The van der Waals surface area contributed by atoms with Crippen LogP contribution in [-0.4, -0.2) is 24.0 Å². The molecule has 1 aliphatic rings. The number of rotatable bonds is 5. The van der Waals surface area contributed by atoms with Gasteiger partial charge < -0.3 is 10.2 Å². The van der Waals surface area contributed by atoms with E-state index in [1.807, 2.05) is 55.5 Å². The highest BCUT2D eigenvalue weighted by Crippen LogP contribution is 2.31. The first kappa shape index (κ1) is 19.6. The average molecular weight is 406 g/mol. The SMILES string of the molecule is Cc1ccccc1C(=O)Nc1ccc(-c2csc(N(C)C3CCCCC3)n2)cc1. The van der Waals surface area contributed by atoms with Gasteiger partial charge in [-0.1, -0.05) is 49.6 Å². The van der Waals surface area contributed by atoms with Gasteiger partial charge >= 0.3 is 0 Å². The first-order valence-electron chi connectivity index (χ1n) is 10.3. The lowest BCUT2D eigenvalue weighted by molar-refractivity contribution is 0.102. The molecule has 3 aromatic rings. The van der Waals surface area contributed by atoms with E-state index in [4.69, 9.17) is 4.98 Å². The molecule has 29 heavy (non-hydrogen) atoms. The molecule has 1 aliphatic carbocycles. The summed E-state index contributed by atoms with van der Waals surface area (Å²) in [7, 11) is 2.17. The maximum atomic E-state index is 12.5. The summed E-state index contributed by atoms with van der Waals surface area (Å²) in [5, 5.41) is 6.19. The smallest absolute Gasteiger partial charge is 0.255 e. The molecule has 0 saturated heterocycles. The number of amides is 1. The van der Waals surface area contributed by atoms with Crippen molar-refractivity contribution < 1.29 is 4.79 Å². The van der Waals surface area contributed by atoms with Crippen LogP contribution in [0.25, 0.3) is 11.3 Å². The molecule has 0 radical (unpaired) electrons. The number of carbonyl (C=O) groups excluding carboxylic acids is 1. The third-order valence-electron chi connectivity index (χ3n) is 5.74. The number of anilines is 2. The van der Waals surface area contributed by atoms with Crippen LogP contribution >= 0.6 is 11.3 Å². The summed E-state index contributed by atoms with van der Waals surface area (Å²) in [6.45, 7) is 1.95. The van der Waals surface area contributed by atoms with Gasteiger partial charge in [0, 0.05) is 35.3 Å². The number of carbonyl (C=O) groups is 1. The maximum absolute atomic E-state index is 12.5. The second-order valence-electron chi connectivity index (χ2n) is 7.76. The van der Waals surface area contributed by atoms with Gasteiger partial charge in [-0.15, -0.1) is 11.3 Å². The van der Waals surface area contributed by atoms with Crippen molar-refractivity contribution in [3.63, 3.8) is 0 Å². The summed E-state index contributed by atoms with van der Waals surface area (Å²) < 4.78 is 0. The molecule has 0 bridgehead atoms. The van der Waals surface area contributed by atoms with Crippen LogP contribution < -0.4 is 10.2 Å². The van der Waals surface area contributed by atoms with E-state index in [2.05, 4.69) is 22.6 Å². The molecule has 0 spiro atoms. The Kier molecular flexibility index (Phi) is 5.95. The Labute approximate surface area is 176 Å². The summed E-state index contributed by atoms with van der Waals surface area (Å²) in [5.74, 6) is -0.0825. The summed E-state index contributed by atoms with van der Waals surface area (Å²) in [6, 6.07) is 16.1. The molecule has 4 rings (SSSR count). The number of benzene rings is 2. The Bertz CT molecular complexity index is 974. The largest absolute Gasteiger partial charge is 0.348 e. The number of aromatic nitrogens is 1. The van der Waals surface area contributed by atoms with Crippen molar-refractivity contribution >= 4 is 28.1 Å². The number of hydrogen-bond acceptors (Lipinski definition) is 4. The van der Waals surface area contributed by atoms with E-state index in [9.17, 15) is 4.79 Å². The molecule has 1 heterocycles. The summed E-state index contributed by atoms with van der Waals surface area (Å²) in [5.41, 5.74) is 4.52. The minimum Gasteiger partial charge on any atom is -0.348 e. The molecular weight excluding hydrogens is 378 g/mol. The predicted octanol–water partition coefficient (Wildman–Crippen LogP) is 6.14. The zero-order valence-electron chi connectivity index (χ0n) is 17.0. The van der Waals surface area contributed by atoms with Gasteiger partial charge in [0.05, 0.1) is 5.69 Å². The quantitative estimate of drug-likeness (QED) is 0.554. The van der Waals surface area contributed by atoms with Crippen molar-refractivity contribution in [1.82, 2.24) is 4.98 Å². The van der Waals surface area contributed by atoms with Crippen LogP contribution in [-0.2, 0) is 0 Å². The van der Waals surface area contributed by atoms with Gasteiger partial charge in [-0.05, 0) is 43.5 Å². The highest BCUT2D eigenvalue weighted by atomic mass is 32.1. The van der Waals surface area contributed by atoms with Crippen molar-refractivity contribution in [1.29, 1.82) is 0 Å². The summed E-state index contributed by atoms with van der Waals surface area (Å²) in [6.07, 6.45) is 6.54. The van der Waals surface area contributed by atoms with Gasteiger partial charge in [0.15, 0.2) is 5.13 Å². The fourth-order valence-electron chi connectivity index (χ4n) is 3.93. The van der Waals surface area contributed by atoms with E-state index in [1.54, 1.807) is 11.3 Å². The van der Waals surface area contributed by atoms with Gasteiger partial charge in [-0.2, -0.15) is 0 Å². The van der Waals surface area contributed by atoms with Gasteiger partial charge in [0.2, 0.25) is 0 Å². The minimum absolute atomic E-state index is 0.0825. The lowest BCUT2D eigenvalue weighted by atomic mass is 9.95. The number of nitrogens with zero attached hydrogens (tertiary/aromatic N) is 2. The number of thiazole rings is 1. The van der Waals surface area contributed by atoms with Crippen molar-refractivity contribution in [2.75, 3.05) is 17.3 Å². The number of nitrogens with one attached hydrogen (secondary N) is 1. The standard InChI is InChI=1S/C24H27N3OS/c1-17-8-6-7-11-21(17)23(28)25-19-14-12-18(13-15-19)22-16-29-24(26-22)27(2)20-9-4-3-5-10-20/h6-8,11-16,20H,3-5,9-10H2,1-2H3,(H,25,28). The van der Waals surface area contributed by atoms with E-state index >= 15 is 0 Å². The van der Waals surface area contributed by atoms with Gasteiger partial charge in [0.25, 0.3) is 5.91 Å². The molecule has 2 aromatic carbocycles. The molecule has 0 atom stereocenters. The first-order chi connectivity index (χ1) is 14.1. The molecule has 1 fully saturated rings. The molecule has 0 aliphatic heterocycles. The Balaban J connectivity index is 1.43. The molecule has 1 N–H and O–H groups in total. The lowest BCUT2D eigenvalue weighted by Gasteiger charge is -2.30.